The van der Waals surface area contributed by atoms with Crippen molar-refractivity contribution in [1.29, 1.82) is 0 Å². The first-order valence-electron chi connectivity index (χ1n) is 9.42. The van der Waals surface area contributed by atoms with Gasteiger partial charge in [-0.2, -0.15) is 0 Å². The van der Waals surface area contributed by atoms with E-state index in [9.17, 15) is 14.1 Å². The Kier molecular flexibility index (Phi) is 9.82. The molecule has 4 rings (SSSR count). The molecule has 0 radical (unpaired) electrons. The van der Waals surface area contributed by atoms with Gasteiger partial charge in [0, 0.05) is 9.79 Å². The third kappa shape index (κ3) is 10.2. The molecule has 0 spiro atoms. The van der Waals surface area contributed by atoms with Gasteiger partial charge in [-0.15, -0.1) is 0 Å². The zero-order chi connectivity index (χ0) is 23.1. The Morgan fingerprint density at radius 1 is 0.455 bits per heavy atom. The van der Waals surface area contributed by atoms with Gasteiger partial charge < -0.3 is 4.70 Å². The minimum absolute atomic E-state index is 0. The summed E-state index contributed by atoms with van der Waals surface area (Å²) in [5.41, 5.74) is 0. The van der Waals surface area contributed by atoms with Crippen molar-refractivity contribution in [1.82, 2.24) is 0 Å². The van der Waals surface area contributed by atoms with Gasteiger partial charge in [-0.3, -0.25) is 0 Å². The summed E-state index contributed by atoms with van der Waals surface area (Å²) in [6.07, 6.45) is 0. The van der Waals surface area contributed by atoms with Crippen LogP contribution in [0.1, 0.15) is 0 Å². The first-order valence-corrected chi connectivity index (χ1v) is 16.3. The van der Waals surface area contributed by atoms with E-state index in [4.69, 9.17) is 0 Å². The SMILES string of the molecule is [F-].[F][Sb]([F])([F])([F])[F].c1ccc(Sc2ccc([S+](c3ccccc3)c3ccccc3)cc2)cc1. The Morgan fingerprint density at radius 2 is 0.758 bits per heavy atom. The van der Waals surface area contributed by atoms with Crippen LogP contribution in [-0.4, -0.2) is 20.3 Å². The van der Waals surface area contributed by atoms with Crippen molar-refractivity contribution in [2.45, 2.75) is 24.5 Å². The fourth-order valence-electron chi connectivity index (χ4n) is 2.79. The summed E-state index contributed by atoms with van der Waals surface area (Å²) in [5.74, 6) is 0. The van der Waals surface area contributed by atoms with E-state index in [0.29, 0.717) is 0 Å². The quantitative estimate of drug-likeness (QED) is 0.161. The van der Waals surface area contributed by atoms with Crippen LogP contribution in [0.2, 0.25) is 0 Å². The van der Waals surface area contributed by atoms with E-state index < -0.39 is 20.3 Å². The van der Waals surface area contributed by atoms with Gasteiger partial charge in [0.2, 0.25) is 0 Å². The van der Waals surface area contributed by atoms with Gasteiger partial charge in [-0.25, -0.2) is 0 Å². The van der Waals surface area contributed by atoms with Gasteiger partial charge in [0.25, 0.3) is 0 Å². The van der Waals surface area contributed by atoms with Crippen LogP contribution in [0.5, 0.6) is 0 Å². The Morgan fingerprint density at radius 3 is 1.15 bits per heavy atom. The number of halogens is 6. The van der Waals surface area contributed by atoms with Gasteiger partial charge in [0.1, 0.15) is 0 Å². The van der Waals surface area contributed by atoms with E-state index in [-0.39, 0.29) is 15.6 Å². The maximum Gasteiger partial charge on any atom is 0.166 e. The van der Waals surface area contributed by atoms with Crippen molar-refractivity contribution >= 4 is 43.0 Å². The van der Waals surface area contributed by atoms with Crippen LogP contribution in [-0.2, 0) is 10.9 Å². The van der Waals surface area contributed by atoms with Crippen molar-refractivity contribution in [3.05, 3.63) is 115 Å². The average Bonchev–Trinajstić information content (AvgIpc) is 2.76. The molecule has 0 unspecified atom stereocenters. The molecular weight excluding hydrogens is 588 g/mol. The number of benzene rings is 4. The standard InChI is InChI=1S/C24H19S2.6FH.Sb/c1-4-10-20(11-5-1)25-21-16-18-24(19-17-21)26(22-12-6-2-7-13-22)23-14-8-3-9-15-23;;;;;;;/h1-19H;6*1H;/q+1;;;;;;;+5/p-6. The summed E-state index contributed by atoms with van der Waals surface area (Å²) in [4.78, 5) is 6.58. The summed E-state index contributed by atoms with van der Waals surface area (Å²) >= 11 is -7.39. The second kappa shape index (κ2) is 11.9. The predicted octanol–water partition coefficient (Wildman–Crippen LogP) is 5.66. The molecule has 33 heavy (non-hydrogen) atoms. The molecule has 0 aliphatic carbocycles. The van der Waals surface area contributed by atoms with Crippen molar-refractivity contribution in [3.8, 4) is 0 Å². The van der Waals surface area contributed by atoms with Crippen LogP contribution in [0, 0.1) is 0 Å². The molecule has 9 heteroatoms. The molecule has 0 N–H and O–H groups in total. The number of rotatable bonds is 5. The smallest absolute Gasteiger partial charge is 0.0901 e. The molecule has 0 saturated carbocycles. The summed E-state index contributed by atoms with van der Waals surface area (Å²) in [5, 5.41) is 0. The molecule has 0 saturated heterocycles. The van der Waals surface area contributed by atoms with Crippen LogP contribution in [0.15, 0.2) is 140 Å². The van der Waals surface area contributed by atoms with E-state index in [1.54, 1.807) is 11.8 Å². The molecule has 0 aromatic heterocycles. The van der Waals surface area contributed by atoms with Gasteiger partial charge in [-0.05, 0) is 60.7 Å². The molecule has 4 aromatic carbocycles. The zero-order valence-electron chi connectivity index (χ0n) is 17.0. The number of hydrogen-bond donors (Lipinski definition) is 0. The third-order valence-electron chi connectivity index (χ3n) is 4.00. The molecule has 4 aromatic rings. The molecule has 0 atom stereocenters. The zero-order valence-corrected chi connectivity index (χ0v) is 21.2. The van der Waals surface area contributed by atoms with E-state index in [1.807, 2.05) is 0 Å². The van der Waals surface area contributed by atoms with Crippen LogP contribution >= 0.6 is 11.8 Å². The minimum Gasteiger partial charge on any atom is -0.0901 e. The Labute approximate surface area is 200 Å². The summed E-state index contributed by atoms with van der Waals surface area (Å²) in [7, 11) is -0.0786. The van der Waals surface area contributed by atoms with E-state index in [0.717, 1.165) is 0 Å². The second-order valence-electron chi connectivity index (χ2n) is 6.46. The Balaban J connectivity index is 0.000000491. The molecule has 0 aliphatic rings. The van der Waals surface area contributed by atoms with E-state index in [1.165, 1.54) is 24.5 Å². The maximum absolute atomic E-state index is 9.91. The van der Waals surface area contributed by atoms with Crippen LogP contribution in [0.4, 0.5) is 14.1 Å². The predicted molar refractivity (Wildman–Crippen MR) is 123 cm³/mol. The normalized spacial score (nSPS) is 12.0. The number of hydrogen-bond acceptors (Lipinski definition) is 1. The molecular formula is C24H19F6S2Sb. The molecule has 0 fully saturated rings. The molecule has 0 amide bonds. The summed E-state index contributed by atoms with van der Waals surface area (Å²) in [6, 6.07) is 41.1. The van der Waals surface area contributed by atoms with Gasteiger partial charge in [-0.1, -0.05) is 66.4 Å². The Bertz CT molecular complexity index is 1050. The minimum atomic E-state index is -9.19. The first kappa shape index (κ1) is 27.2. The fraction of sp³-hybridized carbons (Fsp3) is 0. The second-order valence-corrected chi connectivity index (χ2v) is 13.3. The first-order chi connectivity index (χ1) is 15.1. The van der Waals surface area contributed by atoms with Crippen LogP contribution in [0.25, 0.3) is 0 Å². The maximum atomic E-state index is 9.91. The average molecular weight is 607 g/mol. The molecule has 0 aliphatic heterocycles. The van der Waals surface area contributed by atoms with Crippen LogP contribution in [0.3, 0.4) is 0 Å². The van der Waals surface area contributed by atoms with Crippen LogP contribution < -0.4 is 4.70 Å². The van der Waals surface area contributed by atoms with E-state index in [2.05, 4.69) is 115 Å². The summed E-state index contributed by atoms with van der Waals surface area (Å²) < 4.78 is 49.6. The molecule has 174 valence electrons. The molecule has 0 nitrogen and oxygen atoms in total. The van der Waals surface area contributed by atoms with Gasteiger partial charge in [0.05, 0.1) is 10.9 Å². The topological polar surface area (TPSA) is 0 Å². The molecule has 0 heterocycles. The largest absolute Gasteiger partial charge is 0.166 e. The van der Waals surface area contributed by atoms with Crippen molar-refractivity contribution in [2.75, 3.05) is 0 Å². The summed E-state index contributed by atoms with van der Waals surface area (Å²) in [6.45, 7) is 0. The van der Waals surface area contributed by atoms with Gasteiger partial charge in [0.15, 0.2) is 14.7 Å². The van der Waals surface area contributed by atoms with Crippen molar-refractivity contribution < 1.29 is 18.8 Å². The van der Waals surface area contributed by atoms with Crippen molar-refractivity contribution in [2.24, 2.45) is 0 Å². The van der Waals surface area contributed by atoms with E-state index >= 15 is 0 Å². The third-order valence-corrected chi connectivity index (χ3v) is 7.24. The Hall–Kier alpha value is -2.02. The molecule has 0 bridgehead atoms. The fourth-order valence-corrected chi connectivity index (χ4v) is 5.71. The van der Waals surface area contributed by atoms with Gasteiger partial charge >= 0.3 is 34.4 Å². The monoisotopic (exact) mass is 606 g/mol. The van der Waals surface area contributed by atoms with Crippen molar-refractivity contribution in [3.63, 3.8) is 0 Å².